The second-order valence-corrected chi connectivity index (χ2v) is 6.52. The minimum Gasteiger partial charge on any atom is -0.457 e. The van der Waals surface area contributed by atoms with Crippen LogP contribution in [0.2, 0.25) is 0 Å². The van der Waals surface area contributed by atoms with E-state index in [1.807, 2.05) is 6.07 Å². The zero-order valence-corrected chi connectivity index (χ0v) is 14.6. The van der Waals surface area contributed by atoms with E-state index in [4.69, 9.17) is 10.2 Å². The monoisotopic (exact) mass is 391 g/mol. The number of rotatable bonds is 4. The third-order valence-corrected chi connectivity index (χ3v) is 4.47. The van der Waals surface area contributed by atoms with Crippen LogP contribution in [0.25, 0.3) is 0 Å². The molecule has 3 rings (SSSR count). The Balaban J connectivity index is 1.91. The molecule has 1 aliphatic heterocycles. The van der Waals surface area contributed by atoms with E-state index in [-0.39, 0.29) is 5.91 Å². The summed E-state index contributed by atoms with van der Waals surface area (Å²) in [6, 6.07) is 6.75. The van der Waals surface area contributed by atoms with Gasteiger partial charge in [0.2, 0.25) is 5.91 Å². The third kappa shape index (κ3) is 3.62. The fourth-order valence-electron chi connectivity index (χ4n) is 2.82. The summed E-state index contributed by atoms with van der Waals surface area (Å²) >= 11 is 3.18. The van der Waals surface area contributed by atoms with Crippen LogP contribution in [-0.4, -0.2) is 24.9 Å². The largest absolute Gasteiger partial charge is 0.457 e. The van der Waals surface area contributed by atoms with Gasteiger partial charge in [-0.2, -0.15) is 0 Å². The molecule has 0 saturated carbocycles. The first-order valence-corrected chi connectivity index (χ1v) is 8.58. The zero-order valence-electron chi connectivity index (χ0n) is 13.0. The Morgan fingerprint density at radius 3 is 2.50 bits per heavy atom. The first-order valence-electron chi connectivity index (χ1n) is 7.79. The van der Waals surface area contributed by atoms with Crippen molar-refractivity contribution in [3.8, 4) is 0 Å². The molecule has 6 nitrogen and oxygen atoms in total. The van der Waals surface area contributed by atoms with Gasteiger partial charge in [0.1, 0.15) is 6.26 Å². The van der Waals surface area contributed by atoms with E-state index < -0.39 is 5.91 Å². The molecule has 1 aliphatic rings. The average molecular weight is 392 g/mol. The van der Waals surface area contributed by atoms with Gasteiger partial charge in [-0.3, -0.25) is 9.59 Å². The molecule has 126 valence electrons. The van der Waals surface area contributed by atoms with E-state index in [1.54, 1.807) is 18.2 Å². The van der Waals surface area contributed by atoms with Gasteiger partial charge in [0.05, 0.1) is 16.9 Å². The SMILES string of the molecule is NC(=O)c1ccc(N2CCCCC2)c(NC(=O)c2coc(Br)c2)c1. The molecule has 0 aliphatic carbocycles. The van der Waals surface area contributed by atoms with Gasteiger partial charge in [0, 0.05) is 24.7 Å². The number of benzene rings is 1. The third-order valence-electron chi connectivity index (χ3n) is 4.06. The standard InChI is InChI=1S/C17H18BrN3O3/c18-15-9-12(10-24-15)17(23)20-13-8-11(16(19)22)4-5-14(13)21-6-2-1-3-7-21/h4-5,8-10H,1-3,6-7H2,(H2,19,22)(H,20,23). The maximum atomic E-state index is 12.4. The molecule has 24 heavy (non-hydrogen) atoms. The van der Waals surface area contributed by atoms with Crippen molar-refractivity contribution in [2.24, 2.45) is 5.73 Å². The molecule has 2 aromatic rings. The first kappa shape index (κ1) is 16.6. The Kier molecular flexibility index (Phi) is 4.89. The quantitative estimate of drug-likeness (QED) is 0.835. The predicted molar refractivity (Wildman–Crippen MR) is 95.4 cm³/mol. The number of piperidine rings is 1. The van der Waals surface area contributed by atoms with Crippen molar-refractivity contribution in [2.45, 2.75) is 19.3 Å². The molecule has 0 bridgehead atoms. The summed E-state index contributed by atoms with van der Waals surface area (Å²) in [4.78, 5) is 26.1. The maximum absolute atomic E-state index is 12.4. The van der Waals surface area contributed by atoms with Crippen LogP contribution in [-0.2, 0) is 0 Å². The lowest BCUT2D eigenvalue weighted by atomic mass is 10.1. The Bertz CT molecular complexity index is 766. The van der Waals surface area contributed by atoms with Crippen molar-refractivity contribution in [1.82, 2.24) is 0 Å². The average Bonchev–Trinajstić information content (AvgIpc) is 3.02. The van der Waals surface area contributed by atoms with Crippen LogP contribution in [0.15, 0.2) is 39.6 Å². The summed E-state index contributed by atoms with van der Waals surface area (Å²) in [6.45, 7) is 1.85. The highest BCUT2D eigenvalue weighted by atomic mass is 79.9. The second kappa shape index (κ2) is 7.09. The number of nitrogens with two attached hydrogens (primary N) is 1. The van der Waals surface area contributed by atoms with Gasteiger partial charge in [0.25, 0.3) is 5.91 Å². The van der Waals surface area contributed by atoms with Crippen LogP contribution >= 0.6 is 15.9 Å². The highest BCUT2D eigenvalue weighted by Crippen LogP contribution is 2.30. The van der Waals surface area contributed by atoms with E-state index in [1.165, 1.54) is 12.7 Å². The van der Waals surface area contributed by atoms with Gasteiger partial charge in [-0.05, 0) is 53.4 Å². The Morgan fingerprint density at radius 2 is 1.88 bits per heavy atom. The fourth-order valence-corrected chi connectivity index (χ4v) is 3.16. The summed E-state index contributed by atoms with van der Waals surface area (Å²) in [7, 11) is 0. The van der Waals surface area contributed by atoms with Crippen molar-refractivity contribution in [3.63, 3.8) is 0 Å². The van der Waals surface area contributed by atoms with E-state index >= 15 is 0 Å². The van der Waals surface area contributed by atoms with Crippen LogP contribution in [0.5, 0.6) is 0 Å². The number of hydrogen-bond donors (Lipinski definition) is 2. The molecule has 1 fully saturated rings. The molecule has 0 atom stereocenters. The molecule has 2 amide bonds. The summed E-state index contributed by atoms with van der Waals surface area (Å²) in [5, 5.41) is 2.86. The number of carbonyl (C=O) groups excluding carboxylic acids is 2. The second-order valence-electron chi connectivity index (χ2n) is 5.74. The Morgan fingerprint density at radius 1 is 1.12 bits per heavy atom. The summed E-state index contributed by atoms with van der Waals surface area (Å²) in [5.41, 5.74) is 7.61. The number of nitrogens with one attached hydrogen (secondary N) is 1. The molecule has 1 saturated heterocycles. The smallest absolute Gasteiger partial charge is 0.259 e. The van der Waals surface area contributed by atoms with Gasteiger partial charge in [-0.25, -0.2) is 0 Å². The van der Waals surface area contributed by atoms with Crippen molar-refractivity contribution < 1.29 is 14.0 Å². The van der Waals surface area contributed by atoms with Crippen LogP contribution in [0.3, 0.4) is 0 Å². The van der Waals surface area contributed by atoms with Crippen molar-refractivity contribution >= 4 is 39.1 Å². The number of primary amides is 1. The Hall–Kier alpha value is -2.28. The van der Waals surface area contributed by atoms with Crippen molar-refractivity contribution in [3.05, 3.63) is 46.3 Å². The maximum Gasteiger partial charge on any atom is 0.259 e. The topological polar surface area (TPSA) is 88.6 Å². The molecule has 0 spiro atoms. The minimum absolute atomic E-state index is 0.302. The molecular weight excluding hydrogens is 374 g/mol. The lowest BCUT2D eigenvalue weighted by Gasteiger charge is -2.30. The number of halogens is 1. The van der Waals surface area contributed by atoms with Crippen LogP contribution in [0.1, 0.15) is 40.0 Å². The molecule has 1 aromatic carbocycles. The highest BCUT2D eigenvalue weighted by molar-refractivity contribution is 9.10. The number of carbonyl (C=O) groups is 2. The lowest BCUT2D eigenvalue weighted by Crippen LogP contribution is -2.30. The highest BCUT2D eigenvalue weighted by Gasteiger charge is 2.18. The number of anilines is 2. The Labute approximate surface area is 148 Å². The van der Waals surface area contributed by atoms with Crippen molar-refractivity contribution in [1.29, 1.82) is 0 Å². The van der Waals surface area contributed by atoms with Gasteiger partial charge in [-0.1, -0.05) is 0 Å². The molecule has 0 unspecified atom stereocenters. The fraction of sp³-hybridized carbons (Fsp3) is 0.294. The van der Waals surface area contributed by atoms with E-state index in [0.717, 1.165) is 31.6 Å². The molecule has 2 heterocycles. The number of hydrogen-bond acceptors (Lipinski definition) is 4. The van der Waals surface area contributed by atoms with Gasteiger partial charge in [0.15, 0.2) is 4.67 Å². The van der Waals surface area contributed by atoms with Gasteiger partial charge >= 0.3 is 0 Å². The zero-order chi connectivity index (χ0) is 17.1. The first-order chi connectivity index (χ1) is 11.5. The lowest BCUT2D eigenvalue weighted by molar-refractivity contribution is 0.0996. The van der Waals surface area contributed by atoms with Crippen molar-refractivity contribution in [2.75, 3.05) is 23.3 Å². The molecule has 1 aromatic heterocycles. The molecule has 3 N–H and O–H groups in total. The van der Waals surface area contributed by atoms with Crippen LogP contribution in [0.4, 0.5) is 11.4 Å². The number of nitrogens with zero attached hydrogens (tertiary/aromatic N) is 1. The van der Waals surface area contributed by atoms with Gasteiger partial charge < -0.3 is 20.4 Å². The normalized spacial score (nSPS) is 14.5. The summed E-state index contributed by atoms with van der Waals surface area (Å²) < 4.78 is 5.58. The van der Waals surface area contributed by atoms with Crippen LogP contribution in [0, 0.1) is 0 Å². The van der Waals surface area contributed by atoms with E-state index in [0.29, 0.717) is 21.5 Å². The molecular formula is C17H18BrN3O3. The molecule has 7 heteroatoms. The van der Waals surface area contributed by atoms with Crippen LogP contribution < -0.4 is 16.0 Å². The predicted octanol–water partition coefficient (Wildman–Crippen LogP) is 3.38. The van der Waals surface area contributed by atoms with Gasteiger partial charge in [-0.15, -0.1) is 0 Å². The summed E-state index contributed by atoms with van der Waals surface area (Å²) in [6.07, 6.45) is 4.80. The number of furan rings is 1. The van der Waals surface area contributed by atoms with E-state index in [2.05, 4.69) is 26.1 Å². The molecule has 0 radical (unpaired) electrons. The summed E-state index contributed by atoms with van der Waals surface area (Å²) in [5.74, 6) is -0.828. The minimum atomic E-state index is -0.526. The number of amides is 2. The van der Waals surface area contributed by atoms with E-state index in [9.17, 15) is 9.59 Å².